The molecule has 0 unspecified atom stereocenters. The van der Waals surface area contributed by atoms with E-state index in [9.17, 15) is 4.79 Å². The first-order chi connectivity index (χ1) is 5.15. The zero-order chi connectivity index (χ0) is 8.43. The van der Waals surface area contributed by atoms with Crippen molar-refractivity contribution in [3.63, 3.8) is 0 Å². The maximum absolute atomic E-state index is 10.7. The van der Waals surface area contributed by atoms with Crippen LogP contribution in [-0.4, -0.2) is 22.0 Å². The van der Waals surface area contributed by atoms with Gasteiger partial charge >= 0.3 is 5.69 Å². The molecular weight excluding hydrogens is 162 g/mol. The lowest BCUT2D eigenvalue weighted by molar-refractivity contribution is 1.15. The minimum Gasteiger partial charge on any atom is -0.378 e. The molecule has 0 fully saturated rings. The Morgan fingerprint density at radius 3 is 2.55 bits per heavy atom. The zero-order valence-corrected chi connectivity index (χ0v) is 7.13. The third kappa shape index (κ3) is 1.48. The number of H-pyrrole nitrogens is 2. The van der Waals surface area contributed by atoms with Crippen LogP contribution in [0.4, 0.5) is 0 Å². The molecule has 0 atom stereocenters. The second-order valence-corrected chi connectivity index (χ2v) is 2.57. The van der Waals surface area contributed by atoms with Crippen molar-refractivity contribution in [2.75, 3.05) is 7.05 Å². The average Bonchev–Trinajstić information content (AvgIpc) is 2.28. The van der Waals surface area contributed by atoms with Gasteiger partial charge < -0.3 is 15.3 Å². The van der Waals surface area contributed by atoms with Gasteiger partial charge in [-0.05, 0) is 6.92 Å². The minimum absolute atomic E-state index is 0.227. The highest BCUT2D eigenvalue weighted by molar-refractivity contribution is 7.80. The molecule has 11 heavy (non-hydrogen) atoms. The Labute approximate surface area is 69.0 Å². The van der Waals surface area contributed by atoms with Crippen LogP contribution in [0.15, 0.2) is 4.79 Å². The lowest BCUT2D eigenvalue weighted by Gasteiger charge is -1.98. The van der Waals surface area contributed by atoms with Crippen molar-refractivity contribution in [3.8, 4) is 0 Å². The van der Waals surface area contributed by atoms with Gasteiger partial charge in [-0.25, -0.2) is 4.79 Å². The lowest BCUT2D eigenvalue weighted by Crippen LogP contribution is -2.18. The molecule has 1 aromatic heterocycles. The van der Waals surface area contributed by atoms with E-state index in [0.717, 1.165) is 5.69 Å². The zero-order valence-electron chi connectivity index (χ0n) is 6.32. The molecule has 1 rings (SSSR count). The van der Waals surface area contributed by atoms with Crippen molar-refractivity contribution in [2.24, 2.45) is 0 Å². The third-order valence-electron chi connectivity index (χ3n) is 1.37. The molecule has 0 aliphatic rings. The van der Waals surface area contributed by atoms with Crippen LogP contribution < -0.4 is 11.0 Å². The van der Waals surface area contributed by atoms with E-state index in [0.29, 0.717) is 10.7 Å². The first-order valence-electron chi connectivity index (χ1n) is 3.16. The molecule has 3 N–H and O–H groups in total. The van der Waals surface area contributed by atoms with Crippen LogP contribution >= 0.6 is 12.2 Å². The quantitative estimate of drug-likeness (QED) is 0.517. The second-order valence-electron chi connectivity index (χ2n) is 2.16. The molecule has 0 aromatic carbocycles. The van der Waals surface area contributed by atoms with Gasteiger partial charge in [-0.1, -0.05) is 12.2 Å². The summed E-state index contributed by atoms with van der Waals surface area (Å²) in [5, 5.41) is 2.78. The Morgan fingerprint density at radius 1 is 1.55 bits per heavy atom. The fraction of sp³-hybridized carbons (Fsp3) is 0.333. The normalized spacial score (nSPS) is 9.64. The number of nitrogens with one attached hydrogen (secondary N) is 3. The molecule has 0 aliphatic heterocycles. The Bertz CT molecular complexity index is 325. The van der Waals surface area contributed by atoms with Gasteiger partial charge in [-0.15, -0.1) is 0 Å². The Hall–Kier alpha value is -1.10. The molecule has 0 saturated carbocycles. The van der Waals surface area contributed by atoms with Gasteiger partial charge in [0.25, 0.3) is 0 Å². The summed E-state index contributed by atoms with van der Waals surface area (Å²) in [6, 6.07) is 0. The van der Waals surface area contributed by atoms with E-state index in [2.05, 4.69) is 15.3 Å². The SMILES string of the molecule is CNC(=S)c1[nH]c(=O)[nH]c1C. The predicted molar refractivity (Wildman–Crippen MR) is 46.9 cm³/mol. The van der Waals surface area contributed by atoms with Gasteiger partial charge in [0.05, 0.1) is 5.69 Å². The maximum atomic E-state index is 10.7. The fourth-order valence-electron chi connectivity index (χ4n) is 0.823. The monoisotopic (exact) mass is 171 g/mol. The van der Waals surface area contributed by atoms with Gasteiger partial charge in [0, 0.05) is 12.7 Å². The van der Waals surface area contributed by atoms with Crippen molar-refractivity contribution in [1.82, 2.24) is 15.3 Å². The van der Waals surface area contributed by atoms with Crippen molar-refractivity contribution in [3.05, 3.63) is 21.9 Å². The second kappa shape index (κ2) is 2.87. The maximum Gasteiger partial charge on any atom is 0.323 e. The number of aromatic amines is 2. The molecule has 0 spiro atoms. The van der Waals surface area contributed by atoms with Crippen LogP contribution in [-0.2, 0) is 0 Å². The molecule has 0 saturated heterocycles. The Balaban J connectivity index is 3.13. The van der Waals surface area contributed by atoms with Gasteiger partial charge in [0.1, 0.15) is 4.99 Å². The summed E-state index contributed by atoms with van der Waals surface area (Å²) in [6.45, 7) is 1.79. The molecule has 60 valence electrons. The number of imidazole rings is 1. The van der Waals surface area contributed by atoms with Crippen molar-refractivity contribution in [2.45, 2.75) is 6.92 Å². The smallest absolute Gasteiger partial charge is 0.323 e. The highest BCUT2D eigenvalue weighted by Crippen LogP contribution is 1.97. The van der Waals surface area contributed by atoms with E-state index >= 15 is 0 Å². The van der Waals surface area contributed by atoms with Crippen LogP contribution in [0.25, 0.3) is 0 Å². The van der Waals surface area contributed by atoms with Crippen molar-refractivity contribution < 1.29 is 0 Å². The predicted octanol–water partition coefficient (Wildman–Crippen LogP) is -0.0937. The van der Waals surface area contributed by atoms with Crippen LogP contribution in [0.2, 0.25) is 0 Å². The highest BCUT2D eigenvalue weighted by atomic mass is 32.1. The van der Waals surface area contributed by atoms with E-state index < -0.39 is 0 Å². The van der Waals surface area contributed by atoms with E-state index in [-0.39, 0.29) is 5.69 Å². The van der Waals surface area contributed by atoms with Crippen LogP contribution in [0, 0.1) is 6.92 Å². The summed E-state index contributed by atoms with van der Waals surface area (Å²) in [6.07, 6.45) is 0. The molecule has 5 heteroatoms. The Kier molecular flexibility index (Phi) is 2.09. The summed E-state index contributed by atoms with van der Waals surface area (Å²) in [4.78, 5) is 16.4. The number of aryl methyl sites for hydroxylation is 1. The largest absolute Gasteiger partial charge is 0.378 e. The summed E-state index contributed by atoms with van der Waals surface area (Å²) >= 11 is 4.92. The van der Waals surface area contributed by atoms with E-state index in [1.165, 1.54) is 0 Å². The van der Waals surface area contributed by atoms with E-state index in [4.69, 9.17) is 12.2 Å². The van der Waals surface area contributed by atoms with Crippen molar-refractivity contribution in [1.29, 1.82) is 0 Å². The molecule has 1 aromatic rings. The molecule has 1 heterocycles. The van der Waals surface area contributed by atoms with E-state index in [1.807, 2.05) is 0 Å². The molecule has 0 radical (unpaired) electrons. The van der Waals surface area contributed by atoms with Crippen LogP contribution in [0.1, 0.15) is 11.4 Å². The van der Waals surface area contributed by atoms with Crippen LogP contribution in [0.5, 0.6) is 0 Å². The standard InChI is InChI=1S/C6H9N3OS/c1-3-4(5(11)7-2)9-6(10)8-3/h1-2H3,(H,7,11)(H2,8,9,10). The molecular formula is C6H9N3OS. The molecule has 0 bridgehead atoms. The highest BCUT2D eigenvalue weighted by Gasteiger charge is 2.05. The van der Waals surface area contributed by atoms with Gasteiger partial charge in [-0.2, -0.15) is 0 Å². The first kappa shape index (κ1) is 8.00. The summed E-state index contributed by atoms with van der Waals surface area (Å²) in [5.41, 5.74) is 1.19. The molecule has 4 nitrogen and oxygen atoms in total. The third-order valence-corrected chi connectivity index (χ3v) is 1.78. The molecule has 0 amide bonds. The summed E-state index contributed by atoms with van der Waals surface area (Å²) < 4.78 is 0. The number of hydrogen-bond donors (Lipinski definition) is 3. The topological polar surface area (TPSA) is 60.7 Å². The number of aromatic nitrogens is 2. The van der Waals surface area contributed by atoms with Gasteiger partial charge in [0.2, 0.25) is 0 Å². The van der Waals surface area contributed by atoms with Gasteiger partial charge in [-0.3, -0.25) is 0 Å². The fourth-order valence-corrected chi connectivity index (χ4v) is 1.03. The van der Waals surface area contributed by atoms with E-state index in [1.54, 1.807) is 14.0 Å². The number of rotatable bonds is 1. The number of hydrogen-bond acceptors (Lipinski definition) is 2. The lowest BCUT2D eigenvalue weighted by atomic mass is 10.3. The minimum atomic E-state index is -0.227. The summed E-state index contributed by atoms with van der Waals surface area (Å²) in [5.74, 6) is 0. The Morgan fingerprint density at radius 2 is 2.18 bits per heavy atom. The molecule has 0 aliphatic carbocycles. The first-order valence-corrected chi connectivity index (χ1v) is 3.57. The summed E-state index contributed by atoms with van der Waals surface area (Å²) in [7, 11) is 1.72. The number of thiocarbonyl (C=S) groups is 1. The van der Waals surface area contributed by atoms with Gasteiger partial charge in [0.15, 0.2) is 0 Å². The average molecular weight is 171 g/mol. The van der Waals surface area contributed by atoms with Crippen LogP contribution in [0.3, 0.4) is 0 Å². The van der Waals surface area contributed by atoms with Crippen molar-refractivity contribution >= 4 is 17.2 Å².